The van der Waals surface area contributed by atoms with E-state index < -0.39 is 5.76 Å². The van der Waals surface area contributed by atoms with E-state index in [0.29, 0.717) is 17.7 Å². The van der Waals surface area contributed by atoms with Crippen molar-refractivity contribution in [2.24, 2.45) is 0 Å². The lowest BCUT2D eigenvalue weighted by Crippen LogP contribution is -2.57. The molecule has 1 fully saturated rings. The van der Waals surface area contributed by atoms with Gasteiger partial charge in [0.25, 0.3) is 0 Å². The van der Waals surface area contributed by atoms with Crippen molar-refractivity contribution >= 4 is 49.8 Å². The Hall–Kier alpha value is -2.28. The van der Waals surface area contributed by atoms with Gasteiger partial charge in [0, 0.05) is 41.4 Å². The van der Waals surface area contributed by atoms with Crippen molar-refractivity contribution in [3.8, 4) is 0 Å². The van der Waals surface area contributed by atoms with Crippen molar-refractivity contribution in [1.82, 2.24) is 9.88 Å². The Kier molecular flexibility index (Phi) is 5.09. The minimum atomic E-state index is -0.403. The van der Waals surface area contributed by atoms with Crippen LogP contribution in [0.25, 0.3) is 21.2 Å². The number of fused-ring (bicyclic) bond motifs is 2. The van der Waals surface area contributed by atoms with Gasteiger partial charge < -0.3 is 9.32 Å². The molecule has 2 aromatic heterocycles. The molecule has 0 aliphatic carbocycles. The monoisotopic (exact) mass is 441 g/mol. The summed E-state index contributed by atoms with van der Waals surface area (Å²) in [7, 11) is 0. The van der Waals surface area contributed by atoms with Gasteiger partial charge >= 0.3 is 5.76 Å². The van der Waals surface area contributed by atoms with Crippen molar-refractivity contribution in [3.63, 3.8) is 0 Å². The summed E-state index contributed by atoms with van der Waals surface area (Å²) in [4.78, 5) is 19.3. The number of rotatable bonds is 4. The number of oxazole rings is 1. The maximum absolute atomic E-state index is 11.7. The van der Waals surface area contributed by atoms with Crippen LogP contribution in [0, 0.1) is 0 Å². The van der Waals surface area contributed by atoms with E-state index in [1.54, 1.807) is 11.3 Å². The Balaban J connectivity index is 1.33. The van der Waals surface area contributed by atoms with Crippen molar-refractivity contribution < 1.29 is 4.42 Å². The van der Waals surface area contributed by atoms with E-state index >= 15 is 0 Å². The van der Waals surface area contributed by atoms with Gasteiger partial charge in [0.05, 0.1) is 11.2 Å². The van der Waals surface area contributed by atoms with Gasteiger partial charge in [0.15, 0.2) is 5.58 Å². The maximum atomic E-state index is 11.7. The van der Waals surface area contributed by atoms with Gasteiger partial charge in [0.1, 0.15) is 0 Å². The average molecular weight is 442 g/mol. The first-order valence-electron chi connectivity index (χ1n) is 10.3. The van der Waals surface area contributed by atoms with E-state index in [9.17, 15) is 4.79 Å². The Morgan fingerprint density at radius 2 is 2.00 bits per heavy atom. The van der Waals surface area contributed by atoms with Gasteiger partial charge in [-0.25, -0.2) is 4.79 Å². The molecular formula is C23H24ClN3O2S. The smallest absolute Gasteiger partial charge is 0.406 e. The lowest BCUT2D eigenvalue weighted by Gasteiger charge is -2.45. The molecular weight excluding hydrogens is 418 g/mol. The van der Waals surface area contributed by atoms with Gasteiger partial charge in [-0.3, -0.25) is 9.88 Å². The lowest BCUT2D eigenvalue weighted by molar-refractivity contribution is 0.134. The van der Waals surface area contributed by atoms with Gasteiger partial charge in [-0.1, -0.05) is 17.7 Å². The van der Waals surface area contributed by atoms with Gasteiger partial charge in [-0.05, 0) is 66.9 Å². The number of piperazine rings is 1. The Bertz CT molecular complexity index is 1250. The molecule has 5 nitrogen and oxygen atoms in total. The second-order valence-electron chi connectivity index (χ2n) is 8.16. The van der Waals surface area contributed by atoms with Crippen LogP contribution < -0.4 is 10.7 Å². The van der Waals surface area contributed by atoms with E-state index in [1.165, 1.54) is 15.6 Å². The molecule has 7 heteroatoms. The highest BCUT2D eigenvalue weighted by Crippen LogP contribution is 2.31. The van der Waals surface area contributed by atoms with Gasteiger partial charge in [0.2, 0.25) is 0 Å². The van der Waals surface area contributed by atoms with Gasteiger partial charge in [-0.15, -0.1) is 11.3 Å². The van der Waals surface area contributed by atoms with E-state index in [-0.39, 0.29) is 0 Å². The number of nitrogens with zero attached hydrogens (tertiary/aromatic N) is 2. The lowest BCUT2D eigenvalue weighted by atomic mass is 10.0. The summed E-state index contributed by atoms with van der Waals surface area (Å²) in [5.41, 5.74) is 3.76. The summed E-state index contributed by atoms with van der Waals surface area (Å²) in [6.07, 6.45) is 1.01. The molecule has 2 aromatic carbocycles. The first kappa shape index (κ1) is 19.7. The quantitative estimate of drug-likeness (QED) is 0.477. The molecule has 0 unspecified atom stereocenters. The molecule has 1 N–H and O–H groups in total. The standard InChI is InChI=1S/C23H24ClN3O2S/c1-14-11-26(20-5-3-4-19-22(20)29-23(28)25-19)12-15(2)27(14)9-8-16-13-30-21-7-6-17(24)10-18(16)21/h3-7,10,13-15H,8-9,11-12H2,1-2H3,(H,25,28)/t14-,15+. The van der Waals surface area contributed by atoms with Gasteiger partial charge in [-0.2, -0.15) is 0 Å². The first-order valence-corrected chi connectivity index (χ1v) is 11.5. The van der Waals surface area contributed by atoms with Crippen molar-refractivity contribution in [1.29, 1.82) is 0 Å². The molecule has 0 radical (unpaired) electrons. The number of hydrogen-bond donors (Lipinski definition) is 1. The van der Waals surface area contributed by atoms with Crippen LogP contribution in [0.15, 0.2) is 51.0 Å². The fourth-order valence-corrected chi connectivity index (χ4v) is 5.85. The van der Waals surface area contributed by atoms with Crippen LogP contribution >= 0.6 is 22.9 Å². The number of thiophene rings is 1. The van der Waals surface area contributed by atoms with Crippen LogP contribution in [0.3, 0.4) is 0 Å². The van der Waals surface area contributed by atoms with Crippen LogP contribution in [0.5, 0.6) is 0 Å². The van der Waals surface area contributed by atoms with E-state index in [4.69, 9.17) is 16.0 Å². The zero-order chi connectivity index (χ0) is 20.8. The topological polar surface area (TPSA) is 52.5 Å². The predicted octanol–water partition coefficient (Wildman–Crippen LogP) is 5.13. The Labute approximate surface area is 183 Å². The third kappa shape index (κ3) is 3.53. The maximum Gasteiger partial charge on any atom is 0.417 e. The third-order valence-corrected chi connectivity index (χ3v) is 7.37. The van der Waals surface area contributed by atoms with Crippen LogP contribution in [0.1, 0.15) is 19.4 Å². The normalized spacial score (nSPS) is 20.4. The summed E-state index contributed by atoms with van der Waals surface area (Å²) < 4.78 is 6.71. The van der Waals surface area contributed by atoms with Crippen LogP contribution in [0.4, 0.5) is 5.69 Å². The molecule has 1 saturated heterocycles. The second kappa shape index (κ2) is 7.76. The SMILES string of the molecule is C[C@@H]1CN(c2cccc3[nH]c(=O)oc23)C[C@H](C)N1CCc1csc2ccc(Cl)cc12. The largest absolute Gasteiger partial charge is 0.417 e. The number of nitrogens with one attached hydrogen (secondary N) is 1. The molecule has 0 spiro atoms. The molecule has 4 aromatic rings. The number of H-pyrrole nitrogens is 1. The molecule has 1 aliphatic heterocycles. The molecule has 3 heterocycles. The Morgan fingerprint density at radius 1 is 1.20 bits per heavy atom. The van der Waals surface area contributed by atoms with E-state index in [0.717, 1.165) is 42.3 Å². The zero-order valence-corrected chi connectivity index (χ0v) is 18.6. The highest BCUT2D eigenvalue weighted by molar-refractivity contribution is 7.17. The third-order valence-electron chi connectivity index (χ3n) is 6.12. The summed E-state index contributed by atoms with van der Waals surface area (Å²) in [6, 6.07) is 12.8. The molecule has 5 rings (SSSR count). The second-order valence-corrected chi connectivity index (χ2v) is 9.51. The summed E-state index contributed by atoms with van der Waals surface area (Å²) >= 11 is 8.01. The van der Waals surface area contributed by atoms with Crippen LogP contribution in [0.2, 0.25) is 5.02 Å². The fourth-order valence-electron chi connectivity index (χ4n) is 4.70. The summed E-state index contributed by atoms with van der Waals surface area (Å²) in [5, 5.41) is 4.34. The molecule has 0 amide bonds. The van der Waals surface area contributed by atoms with E-state index in [1.807, 2.05) is 24.3 Å². The van der Waals surface area contributed by atoms with Crippen molar-refractivity contribution in [3.05, 3.63) is 62.9 Å². The number of anilines is 1. The highest BCUT2D eigenvalue weighted by Gasteiger charge is 2.30. The number of aromatic nitrogens is 1. The molecule has 2 atom stereocenters. The molecule has 0 bridgehead atoms. The molecule has 1 aliphatic rings. The molecule has 156 valence electrons. The minimum absolute atomic E-state index is 0.392. The number of halogens is 1. The minimum Gasteiger partial charge on any atom is -0.406 e. The summed E-state index contributed by atoms with van der Waals surface area (Å²) in [6.45, 7) is 7.36. The fraction of sp³-hybridized carbons (Fsp3) is 0.348. The first-order chi connectivity index (χ1) is 14.5. The van der Waals surface area contributed by atoms with Crippen molar-refractivity contribution in [2.75, 3.05) is 24.5 Å². The van der Waals surface area contributed by atoms with Crippen LogP contribution in [-0.2, 0) is 6.42 Å². The number of hydrogen-bond acceptors (Lipinski definition) is 5. The molecule has 30 heavy (non-hydrogen) atoms. The number of para-hydroxylation sites is 1. The summed E-state index contributed by atoms with van der Waals surface area (Å²) in [5.74, 6) is -0.403. The number of aromatic amines is 1. The Morgan fingerprint density at radius 3 is 2.80 bits per heavy atom. The predicted molar refractivity (Wildman–Crippen MR) is 125 cm³/mol. The highest BCUT2D eigenvalue weighted by atomic mass is 35.5. The van der Waals surface area contributed by atoms with Crippen molar-refractivity contribution in [2.45, 2.75) is 32.4 Å². The molecule has 0 saturated carbocycles. The van der Waals surface area contributed by atoms with E-state index in [2.05, 4.69) is 46.1 Å². The zero-order valence-electron chi connectivity index (χ0n) is 17.0. The van der Waals surface area contributed by atoms with Crippen LogP contribution in [-0.4, -0.2) is 41.6 Å². The average Bonchev–Trinajstić information content (AvgIpc) is 3.29. The number of benzene rings is 2.